The van der Waals surface area contributed by atoms with Crippen LogP contribution in [0.25, 0.3) is 0 Å². The summed E-state index contributed by atoms with van der Waals surface area (Å²) in [7, 11) is -3.59. The van der Waals surface area contributed by atoms with E-state index in [2.05, 4.69) is 16.6 Å². The summed E-state index contributed by atoms with van der Waals surface area (Å²) in [5, 5.41) is 8.62. The lowest BCUT2D eigenvalue weighted by atomic mass is 10.2. The summed E-state index contributed by atoms with van der Waals surface area (Å²) in [6.45, 7) is 1.69. The minimum atomic E-state index is -3.59. The van der Waals surface area contributed by atoms with E-state index in [1.54, 1.807) is 48.5 Å². The van der Waals surface area contributed by atoms with Gasteiger partial charge in [0.2, 0.25) is 0 Å². The number of hydrogen-bond acceptors (Lipinski definition) is 3. The van der Waals surface area contributed by atoms with Crippen molar-refractivity contribution >= 4 is 15.7 Å². The van der Waals surface area contributed by atoms with Gasteiger partial charge in [-0.3, -0.25) is 4.72 Å². The Labute approximate surface area is 124 Å². The molecule has 0 spiro atoms. The lowest BCUT2D eigenvalue weighted by Gasteiger charge is -2.08. The standard InChI is InChI=1S/C16H15NO3S/c1-13-4-10-16(11-5-13)21(19,20)17-15-8-6-14(7-9-15)3-2-12-18/h4-11,17-18H,12H2,1H3. The van der Waals surface area contributed by atoms with Gasteiger partial charge in [0.1, 0.15) is 6.61 Å². The smallest absolute Gasteiger partial charge is 0.261 e. The molecule has 0 aromatic heterocycles. The summed E-state index contributed by atoms with van der Waals surface area (Å²) in [6.07, 6.45) is 0. The summed E-state index contributed by atoms with van der Waals surface area (Å²) in [6, 6.07) is 13.3. The third kappa shape index (κ3) is 4.09. The third-order valence-electron chi connectivity index (χ3n) is 2.78. The van der Waals surface area contributed by atoms with Gasteiger partial charge in [0.05, 0.1) is 4.90 Å². The first-order valence-electron chi connectivity index (χ1n) is 6.30. The number of nitrogens with one attached hydrogen (secondary N) is 1. The molecule has 2 N–H and O–H groups in total. The predicted molar refractivity (Wildman–Crippen MR) is 82.4 cm³/mol. The fourth-order valence-corrected chi connectivity index (χ4v) is 2.75. The van der Waals surface area contributed by atoms with Crippen molar-refractivity contribution in [1.82, 2.24) is 0 Å². The highest BCUT2D eigenvalue weighted by Gasteiger charge is 2.13. The number of aliphatic hydroxyl groups is 1. The van der Waals surface area contributed by atoms with Crippen LogP contribution in [0.4, 0.5) is 5.69 Å². The SMILES string of the molecule is Cc1ccc(S(=O)(=O)Nc2ccc(C#CCO)cc2)cc1. The molecule has 4 nitrogen and oxygen atoms in total. The van der Waals surface area contributed by atoms with E-state index in [1.165, 1.54) is 0 Å². The quantitative estimate of drug-likeness (QED) is 0.854. The fourth-order valence-electron chi connectivity index (χ4n) is 1.69. The summed E-state index contributed by atoms with van der Waals surface area (Å²) in [5.74, 6) is 5.28. The Bertz CT molecular complexity index is 767. The van der Waals surface area contributed by atoms with Crippen LogP contribution in [0.1, 0.15) is 11.1 Å². The number of sulfonamides is 1. The first-order valence-corrected chi connectivity index (χ1v) is 7.79. The minimum absolute atomic E-state index is 0.207. The number of hydrogen-bond donors (Lipinski definition) is 2. The number of benzene rings is 2. The molecule has 0 aliphatic rings. The van der Waals surface area contributed by atoms with Gasteiger partial charge >= 0.3 is 0 Å². The summed E-state index contributed by atoms with van der Waals surface area (Å²) >= 11 is 0. The van der Waals surface area contributed by atoms with Crippen molar-refractivity contribution in [1.29, 1.82) is 0 Å². The Morgan fingerprint density at radius 3 is 2.24 bits per heavy atom. The van der Waals surface area contributed by atoms with Gasteiger partial charge < -0.3 is 5.11 Å². The van der Waals surface area contributed by atoms with Crippen LogP contribution < -0.4 is 4.72 Å². The van der Waals surface area contributed by atoms with Crippen LogP contribution in [0.3, 0.4) is 0 Å². The molecule has 21 heavy (non-hydrogen) atoms. The molecule has 0 aliphatic heterocycles. The number of anilines is 1. The third-order valence-corrected chi connectivity index (χ3v) is 4.18. The molecule has 108 valence electrons. The Balaban J connectivity index is 2.18. The fraction of sp³-hybridized carbons (Fsp3) is 0.125. The molecular weight excluding hydrogens is 286 g/mol. The maximum Gasteiger partial charge on any atom is 0.261 e. The zero-order valence-corrected chi connectivity index (χ0v) is 12.3. The Morgan fingerprint density at radius 1 is 1.05 bits per heavy atom. The average Bonchev–Trinajstić information content (AvgIpc) is 2.47. The van der Waals surface area contributed by atoms with Crippen LogP contribution in [0.15, 0.2) is 53.4 Å². The van der Waals surface area contributed by atoms with Gasteiger partial charge in [0.25, 0.3) is 10.0 Å². The van der Waals surface area contributed by atoms with Crippen LogP contribution in [0.5, 0.6) is 0 Å². The molecule has 2 aromatic rings. The second-order valence-corrected chi connectivity index (χ2v) is 6.14. The summed E-state index contributed by atoms with van der Waals surface area (Å²) in [4.78, 5) is 0.220. The van der Waals surface area contributed by atoms with Crippen molar-refractivity contribution < 1.29 is 13.5 Å². The van der Waals surface area contributed by atoms with E-state index < -0.39 is 10.0 Å². The van der Waals surface area contributed by atoms with Gasteiger partial charge in [-0.15, -0.1) is 0 Å². The van der Waals surface area contributed by atoms with Gasteiger partial charge in [-0.2, -0.15) is 0 Å². The molecule has 2 aromatic carbocycles. The van der Waals surface area contributed by atoms with Crippen molar-refractivity contribution in [2.75, 3.05) is 11.3 Å². The van der Waals surface area contributed by atoms with Crippen molar-refractivity contribution in [2.24, 2.45) is 0 Å². The first kappa shape index (κ1) is 15.1. The predicted octanol–water partition coefficient (Wildman–Crippen LogP) is 2.14. The van der Waals surface area contributed by atoms with E-state index in [4.69, 9.17) is 5.11 Å². The van der Waals surface area contributed by atoms with Crippen LogP contribution in [0.2, 0.25) is 0 Å². The zero-order valence-electron chi connectivity index (χ0n) is 11.5. The summed E-state index contributed by atoms with van der Waals surface area (Å²) < 4.78 is 26.9. The molecule has 0 amide bonds. The molecule has 2 rings (SSSR count). The second-order valence-electron chi connectivity index (χ2n) is 4.46. The Hall–Kier alpha value is -2.29. The molecule has 0 saturated carbocycles. The van der Waals surface area contributed by atoms with Crippen LogP contribution in [-0.4, -0.2) is 20.1 Å². The molecule has 0 unspecified atom stereocenters. The van der Waals surface area contributed by atoms with E-state index in [0.29, 0.717) is 11.3 Å². The van der Waals surface area contributed by atoms with Crippen LogP contribution >= 0.6 is 0 Å². The lowest BCUT2D eigenvalue weighted by molar-refractivity contribution is 0.350. The van der Waals surface area contributed by atoms with Crippen LogP contribution in [-0.2, 0) is 10.0 Å². The molecule has 0 atom stereocenters. The van der Waals surface area contributed by atoms with Gasteiger partial charge in [0.15, 0.2) is 0 Å². The van der Waals surface area contributed by atoms with Gasteiger partial charge in [-0.05, 0) is 43.3 Å². The largest absolute Gasteiger partial charge is 0.384 e. The van der Waals surface area contributed by atoms with Crippen molar-refractivity contribution in [3.05, 3.63) is 59.7 Å². The maximum atomic E-state index is 12.2. The maximum absolute atomic E-state index is 12.2. The van der Waals surface area contributed by atoms with Crippen molar-refractivity contribution in [3.63, 3.8) is 0 Å². The molecule has 0 aliphatic carbocycles. The number of rotatable bonds is 3. The van der Waals surface area contributed by atoms with Gasteiger partial charge in [-0.1, -0.05) is 29.5 Å². The minimum Gasteiger partial charge on any atom is -0.384 e. The Kier molecular flexibility index (Phi) is 4.63. The molecule has 0 heterocycles. The van der Waals surface area contributed by atoms with Gasteiger partial charge in [0, 0.05) is 11.3 Å². The Morgan fingerprint density at radius 2 is 1.67 bits per heavy atom. The molecule has 0 saturated heterocycles. The lowest BCUT2D eigenvalue weighted by Crippen LogP contribution is -2.12. The topological polar surface area (TPSA) is 66.4 Å². The highest BCUT2D eigenvalue weighted by Crippen LogP contribution is 2.16. The molecule has 0 radical (unpaired) electrons. The van der Waals surface area contributed by atoms with E-state index in [1.807, 2.05) is 6.92 Å². The first-order chi connectivity index (χ1) is 10.0. The van der Waals surface area contributed by atoms with Crippen molar-refractivity contribution in [3.8, 4) is 11.8 Å². The molecule has 0 fully saturated rings. The van der Waals surface area contributed by atoms with Crippen molar-refractivity contribution in [2.45, 2.75) is 11.8 Å². The van der Waals surface area contributed by atoms with E-state index in [-0.39, 0.29) is 11.5 Å². The number of aryl methyl sites for hydroxylation is 1. The van der Waals surface area contributed by atoms with E-state index >= 15 is 0 Å². The molecule has 0 bridgehead atoms. The second kappa shape index (κ2) is 6.44. The van der Waals surface area contributed by atoms with Crippen LogP contribution in [0, 0.1) is 18.8 Å². The van der Waals surface area contributed by atoms with E-state index in [0.717, 1.165) is 5.56 Å². The molecule has 5 heteroatoms. The highest BCUT2D eigenvalue weighted by atomic mass is 32.2. The monoisotopic (exact) mass is 301 g/mol. The average molecular weight is 301 g/mol. The zero-order chi connectivity index (χ0) is 15.3. The van der Waals surface area contributed by atoms with Gasteiger partial charge in [-0.25, -0.2) is 8.42 Å². The van der Waals surface area contributed by atoms with E-state index in [9.17, 15) is 8.42 Å². The normalized spacial score (nSPS) is 10.6. The molecular formula is C16H15NO3S. The summed E-state index contributed by atoms with van der Waals surface area (Å²) in [5.41, 5.74) is 2.17. The number of aliphatic hydroxyl groups excluding tert-OH is 1. The highest BCUT2D eigenvalue weighted by molar-refractivity contribution is 7.92.